The second-order valence-electron chi connectivity index (χ2n) is 14.7. The summed E-state index contributed by atoms with van der Waals surface area (Å²) in [6.07, 6.45) is 5.02. The van der Waals surface area contributed by atoms with Gasteiger partial charge < -0.3 is 28.7 Å². The van der Waals surface area contributed by atoms with Gasteiger partial charge in [-0.1, -0.05) is 18.2 Å². The van der Waals surface area contributed by atoms with Crippen molar-refractivity contribution in [1.29, 1.82) is 0 Å². The summed E-state index contributed by atoms with van der Waals surface area (Å²) in [5.74, 6) is 3.12. The molecular weight excluding hydrogens is 556 g/mol. The van der Waals surface area contributed by atoms with E-state index in [9.17, 15) is 4.79 Å². The molecule has 2 aromatic rings. The summed E-state index contributed by atoms with van der Waals surface area (Å²) in [6.45, 7) is 1.82. The Labute approximate surface area is 257 Å². The molecule has 2 saturated heterocycles. The lowest BCUT2D eigenvalue weighted by atomic mass is 9.46. The first-order chi connectivity index (χ1) is 21.3. The zero-order valence-corrected chi connectivity index (χ0v) is 25.7. The van der Waals surface area contributed by atoms with E-state index in [0.29, 0.717) is 17.9 Å². The van der Waals surface area contributed by atoms with Crippen molar-refractivity contribution in [3.05, 3.63) is 58.2 Å². The van der Waals surface area contributed by atoms with Crippen molar-refractivity contribution in [2.45, 2.75) is 67.2 Å². The van der Waals surface area contributed by atoms with E-state index in [4.69, 9.17) is 18.9 Å². The number of Topliss-reactive ketones (excluding diaryl/α,β-unsaturated/α-hetero) is 2. The summed E-state index contributed by atoms with van der Waals surface area (Å²) >= 11 is 0. The molecule has 1 saturated carbocycles. The fourth-order valence-electron chi connectivity index (χ4n) is 11.7. The molecule has 4 heterocycles. The Morgan fingerprint density at radius 3 is 2.05 bits per heavy atom. The van der Waals surface area contributed by atoms with Gasteiger partial charge >= 0.3 is 0 Å². The smallest absolute Gasteiger partial charge is 0.200 e. The Morgan fingerprint density at radius 2 is 1.36 bits per heavy atom. The lowest BCUT2D eigenvalue weighted by Crippen LogP contribution is -2.69. The first-order valence-electron chi connectivity index (χ1n) is 16.3. The molecule has 10 rings (SSSR count). The second-order valence-corrected chi connectivity index (χ2v) is 14.7. The molecule has 3 fully saturated rings. The summed E-state index contributed by atoms with van der Waals surface area (Å²) < 4.78 is 25.0. The molecular formula is C36H38N2O6. The third-order valence-electron chi connectivity index (χ3n) is 13.4. The number of benzene rings is 2. The van der Waals surface area contributed by atoms with Crippen LogP contribution >= 0.6 is 0 Å². The van der Waals surface area contributed by atoms with E-state index in [2.05, 4.69) is 42.1 Å². The molecule has 1 unspecified atom stereocenters. The molecule has 8 nitrogen and oxygen atoms in total. The highest BCUT2D eigenvalue weighted by Gasteiger charge is 2.71. The van der Waals surface area contributed by atoms with Gasteiger partial charge in [-0.25, -0.2) is 0 Å². The van der Waals surface area contributed by atoms with Crippen molar-refractivity contribution in [2.75, 3.05) is 41.4 Å². The number of piperidine rings is 2. The zero-order chi connectivity index (χ0) is 29.9. The highest BCUT2D eigenvalue weighted by molar-refractivity contribution is 6.04. The van der Waals surface area contributed by atoms with E-state index in [1.165, 1.54) is 22.3 Å². The zero-order valence-electron chi connectivity index (χ0n) is 25.7. The Balaban J connectivity index is 1.17. The van der Waals surface area contributed by atoms with Crippen LogP contribution < -0.4 is 18.9 Å². The van der Waals surface area contributed by atoms with Gasteiger partial charge in [0, 0.05) is 41.0 Å². The summed E-state index contributed by atoms with van der Waals surface area (Å²) in [4.78, 5) is 34.3. The molecule has 8 aliphatic rings. The fraction of sp³-hybridized carbons (Fsp3) is 0.556. The van der Waals surface area contributed by atoms with Gasteiger partial charge in [0.1, 0.15) is 0 Å². The summed E-state index contributed by atoms with van der Waals surface area (Å²) in [7, 11) is 7.78. The molecule has 0 amide bonds. The monoisotopic (exact) mass is 594 g/mol. The quantitative estimate of drug-likeness (QED) is 0.536. The molecule has 4 aliphatic carbocycles. The Kier molecular flexibility index (Phi) is 4.87. The van der Waals surface area contributed by atoms with Crippen molar-refractivity contribution in [1.82, 2.24) is 9.80 Å². The molecule has 2 aromatic carbocycles. The number of rotatable bonds is 3. The van der Waals surface area contributed by atoms with Crippen LogP contribution in [0.4, 0.5) is 0 Å². The fourth-order valence-corrected chi connectivity index (χ4v) is 11.7. The summed E-state index contributed by atoms with van der Waals surface area (Å²) in [6, 6.07) is 8.82. The van der Waals surface area contributed by atoms with E-state index in [1.807, 2.05) is 12.1 Å². The number of likely N-dealkylation sites (tertiary alicyclic amines) is 2. The number of ether oxygens (including phenoxy) is 4. The largest absolute Gasteiger partial charge is 0.493 e. The molecule has 0 N–H and O–H groups in total. The van der Waals surface area contributed by atoms with Crippen molar-refractivity contribution in [3.8, 4) is 23.0 Å². The van der Waals surface area contributed by atoms with Gasteiger partial charge in [-0.2, -0.15) is 0 Å². The van der Waals surface area contributed by atoms with Crippen molar-refractivity contribution < 1.29 is 28.5 Å². The standard InChI is InChI=1S/C36H38N2O6/c1-37-11-9-35-21-15-20(30(40)34(35)44-31-25(41-3)7-5-17(27(31)35)13-22(21)37)19-16-24(39)33-36-10-12-38(2)23(29(19)36)14-18-6-8-26(42-4)32(43-33)28(18)36/h5-8,15,19,21-23,29,33-34H,9-14,16H2,1-4H3/t19?,21-,22+,23+,29-,33-,34-,35-,36+/m0/s1. The van der Waals surface area contributed by atoms with Gasteiger partial charge in [0.05, 0.1) is 19.6 Å². The summed E-state index contributed by atoms with van der Waals surface area (Å²) in [5.41, 5.74) is 4.87. The molecule has 8 heteroatoms. The second kappa shape index (κ2) is 8.26. The maximum Gasteiger partial charge on any atom is 0.200 e. The van der Waals surface area contributed by atoms with Gasteiger partial charge in [-0.05, 0) is 93.5 Å². The van der Waals surface area contributed by atoms with Crippen LogP contribution in [0.2, 0.25) is 0 Å². The minimum Gasteiger partial charge on any atom is -0.493 e. The minimum absolute atomic E-state index is 0.0691. The Morgan fingerprint density at radius 1 is 0.773 bits per heavy atom. The van der Waals surface area contributed by atoms with Crippen molar-refractivity contribution in [3.63, 3.8) is 0 Å². The molecule has 44 heavy (non-hydrogen) atoms. The number of hydrogen-bond acceptors (Lipinski definition) is 8. The third kappa shape index (κ3) is 2.69. The van der Waals surface area contributed by atoms with Crippen LogP contribution in [0, 0.1) is 17.8 Å². The lowest BCUT2D eigenvalue weighted by Gasteiger charge is -2.61. The van der Waals surface area contributed by atoms with E-state index >= 15 is 4.79 Å². The van der Waals surface area contributed by atoms with Crippen LogP contribution in [0.3, 0.4) is 0 Å². The minimum atomic E-state index is -0.594. The number of nitrogens with zero attached hydrogens (tertiary/aromatic N) is 2. The number of hydrogen-bond donors (Lipinski definition) is 0. The number of likely N-dealkylation sites (N-methyl/N-ethyl adjacent to an activating group) is 2. The van der Waals surface area contributed by atoms with E-state index < -0.39 is 23.0 Å². The van der Waals surface area contributed by atoms with Crippen LogP contribution in [-0.2, 0) is 33.3 Å². The van der Waals surface area contributed by atoms with Gasteiger partial charge in [0.15, 0.2) is 46.8 Å². The molecule has 4 aliphatic heterocycles. The van der Waals surface area contributed by atoms with Crippen molar-refractivity contribution >= 4 is 11.6 Å². The summed E-state index contributed by atoms with van der Waals surface area (Å²) in [5, 5.41) is 0. The van der Waals surface area contributed by atoms with Gasteiger partial charge in [0.2, 0.25) is 0 Å². The van der Waals surface area contributed by atoms with Crippen LogP contribution in [0.5, 0.6) is 23.0 Å². The maximum absolute atomic E-state index is 15.0. The lowest BCUT2D eigenvalue weighted by molar-refractivity contribution is -0.144. The average Bonchev–Trinajstić information content (AvgIpc) is 3.56. The molecule has 0 radical (unpaired) electrons. The van der Waals surface area contributed by atoms with Gasteiger partial charge in [-0.3, -0.25) is 9.59 Å². The number of carbonyl (C=O) groups excluding carboxylic acids is 2. The maximum atomic E-state index is 15.0. The highest BCUT2D eigenvalue weighted by atomic mass is 16.5. The molecule has 228 valence electrons. The Bertz CT molecular complexity index is 1730. The number of carbonyl (C=O) groups is 2. The van der Waals surface area contributed by atoms with E-state index in [0.717, 1.165) is 55.8 Å². The molecule has 0 aromatic heterocycles. The van der Waals surface area contributed by atoms with Crippen LogP contribution in [-0.4, -0.2) is 87.1 Å². The first kappa shape index (κ1) is 25.9. The topological polar surface area (TPSA) is 77.5 Å². The average molecular weight is 595 g/mol. The highest BCUT2D eigenvalue weighted by Crippen LogP contribution is 2.67. The normalized spacial score (nSPS) is 40.5. The first-order valence-corrected chi connectivity index (χ1v) is 16.3. The predicted molar refractivity (Wildman–Crippen MR) is 161 cm³/mol. The SMILES string of the molecule is COc1ccc2c3c1O[C@H]1C(=O)C(C4CC(=O)[C@@H]5Oc6c(OC)ccc7c6[C@@]56CCN(C)[C@H](C7)[C@H]46)=C[C@H]4[C@@H](C2)N(C)CC[C@]314. The molecule has 2 spiro atoms. The van der Waals surface area contributed by atoms with Crippen LogP contribution in [0.25, 0.3) is 0 Å². The van der Waals surface area contributed by atoms with Crippen LogP contribution in [0.1, 0.15) is 41.5 Å². The van der Waals surface area contributed by atoms with Gasteiger partial charge in [-0.15, -0.1) is 0 Å². The predicted octanol–water partition coefficient (Wildman–Crippen LogP) is 3.25. The number of methoxy groups -OCH3 is 2. The van der Waals surface area contributed by atoms with Crippen LogP contribution in [0.15, 0.2) is 35.9 Å². The van der Waals surface area contributed by atoms with Crippen molar-refractivity contribution in [2.24, 2.45) is 17.8 Å². The molecule has 9 atom stereocenters. The molecule has 4 bridgehead atoms. The third-order valence-corrected chi connectivity index (χ3v) is 13.4. The Hall–Kier alpha value is -3.36. The van der Waals surface area contributed by atoms with Gasteiger partial charge in [0.25, 0.3) is 0 Å². The number of ketones is 2. The van der Waals surface area contributed by atoms with E-state index in [-0.39, 0.29) is 41.4 Å². The van der Waals surface area contributed by atoms with E-state index in [1.54, 1.807) is 14.2 Å².